The third kappa shape index (κ3) is 1.81. The summed E-state index contributed by atoms with van der Waals surface area (Å²) in [6.45, 7) is 2.20. The molecule has 5 heteroatoms. The molecule has 5 rings (SSSR count). The third-order valence-corrected chi connectivity index (χ3v) is 5.32. The van der Waals surface area contributed by atoms with Crippen molar-refractivity contribution < 1.29 is 4.57 Å². The summed E-state index contributed by atoms with van der Waals surface area (Å²) in [6.07, 6.45) is 2.11. The van der Waals surface area contributed by atoms with Gasteiger partial charge in [0.2, 0.25) is 0 Å². The maximum atomic E-state index is 2.45. The van der Waals surface area contributed by atoms with Gasteiger partial charge in [-0.2, -0.15) is 0 Å². The van der Waals surface area contributed by atoms with Crippen molar-refractivity contribution in [1.82, 2.24) is 0 Å². The maximum Gasteiger partial charge on any atom is 0.638 e. The van der Waals surface area contributed by atoms with Gasteiger partial charge < -0.3 is 9.62 Å². The fourth-order valence-corrected chi connectivity index (χ4v) is 4.20. The number of hydrogen-bond acceptors (Lipinski definition) is 3. The van der Waals surface area contributed by atoms with Crippen molar-refractivity contribution in [3.8, 4) is 0 Å². The van der Waals surface area contributed by atoms with Gasteiger partial charge in [-0.05, 0) is 43.8 Å². The van der Waals surface area contributed by atoms with E-state index in [1.165, 1.54) is 34.1 Å². The molecular weight excluding hydrogens is 307 g/mol. The van der Waals surface area contributed by atoms with Crippen molar-refractivity contribution in [1.29, 1.82) is 0 Å². The summed E-state index contributed by atoms with van der Waals surface area (Å²) in [4.78, 5) is 7.26. The Balaban J connectivity index is 1.81. The van der Waals surface area contributed by atoms with E-state index in [9.17, 15) is 0 Å². The zero-order chi connectivity index (χ0) is 17.1. The SMILES string of the molecule is Cc1cccc2c1N(c1cccc[n+]1C)B1N(C)c3ccccc3N12. The minimum Gasteiger partial charge on any atom is -0.354 e. The summed E-state index contributed by atoms with van der Waals surface area (Å²) in [5.74, 6) is 1.19. The van der Waals surface area contributed by atoms with Crippen molar-refractivity contribution in [2.75, 3.05) is 21.5 Å². The standard InChI is InChI=1S/C20H20BN4/c1-15-9-8-12-18-20(15)25(19-13-6-7-14-22(19)2)21-23(3)16-10-4-5-11-17(16)24(18)21/h4-14H,1-3H3/q+1. The van der Waals surface area contributed by atoms with Crippen molar-refractivity contribution in [2.45, 2.75) is 6.92 Å². The van der Waals surface area contributed by atoms with Crippen LogP contribution in [0.1, 0.15) is 5.56 Å². The predicted octanol–water partition coefficient (Wildman–Crippen LogP) is 3.54. The zero-order valence-electron chi connectivity index (χ0n) is 14.7. The van der Waals surface area contributed by atoms with Crippen LogP contribution in [0.4, 0.5) is 28.6 Å². The zero-order valence-corrected chi connectivity index (χ0v) is 14.7. The number of nitrogens with zero attached hydrogens (tertiary/aromatic N) is 4. The Bertz CT molecular complexity index is 987. The van der Waals surface area contributed by atoms with Gasteiger partial charge in [-0.15, -0.1) is 0 Å². The molecule has 0 spiro atoms. The van der Waals surface area contributed by atoms with Crippen LogP contribution in [0.25, 0.3) is 0 Å². The molecule has 0 atom stereocenters. The normalized spacial score (nSPS) is 14.7. The summed E-state index contributed by atoms with van der Waals surface area (Å²) in [6, 6.07) is 21.6. The molecule has 0 radical (unpaired) electrons. The number of aromatic nitrogens is 1. The first-order chi connectivity index (χ1) is 12.2. The minimum atomic E-state index is 0.113. The van der Waals surface area contributed by atoms with E-state index in [1.807, 2.05) is 0 Å². The first kappa shape index (κ1) is 14.4. The lowest BCUT2D eigenvalue weighted by atomic mass is 9.88. The van der Waals surface area contributed by atoms with Crippen molar-refractivity contribution >= 4 is 35.7 Å². The van der Waals surface area contributed by atoms with Gasteiger partial charge in [0.25, 0.3) is 5.82 Å². The molecule has 0 N–H and O–H groups in total. The van der Waals surface area contributed by atoms with E-state index >= 15 is 0 Å². The Morgan fingerprint density at radius 3 is 2.32 bits per heavy atom. The van der Waals surface area contributed by atoms with Crippen molar-refractivity contribution in [3.63, 3.8) is 0 Å². The number of fused-ring (bicyclic) bond motifs is 5. The summed E-state index contributed by atoms with van der Waals surface area (Å²) in [7, 11) is 4.40. The van der Waals surface area contributed by atoms with Crippen LogP contribution < -0.4 is 19.0 Å². The molecule has 0 saturated heterocycles. The molecule has 2 aliphatic heterocycles. The second kappa shape index (κ2) is 5.02. The number of para-hydroxylation sites is 3. The predicted molar refractivity (Wildman–Crippen MR) is 104 cm³/mol. The highest BCUT2D eigenvalue weighted by Gasteiger charge is 2.58. The molecule has 122 valence electrons. The van der Waals surface area contributed by atoms with Crippen LogP contribution in [0.15, 0.2) is 66.9 Å². The van der Waals surface area contributed by atoms with Crippen LogP contribution in [0.5, 0.6) is 0 Å². The summed E-state index contributed by atoms with van der Waals surface area (Å²) < 4.78 is 2.19. The molecule has 2 aromatic carbocycles. The highest BCUT2D eigenvalue weighted by Crippen LogP contribution is 2.53. The lowest BCUT2D eigenvalue weighted by Crippen LogP contribution is -2.54. The lowest BCUT2D eigenvalue weighted by Gasteiger charge is -2.23. The minimum absolute atomic E-state index is 0.113. The Hall–Kier alpha value is -2.95. The molecule has 2 aliphatic rings. The molecule has 4 nitrogen and oxygen atoms in total. The van der Waals surface area contributed by atoms with Gasteiger partial charge in [0.1, 0.15) is 5.69 Å². The molecule has 0 aliphatic carbocycles. The molecule has 0 amide bonds. The average Bonchev–Trinajstić information content (AvgIpc) is 3.11. The number of anilines is 5. The van der Waals surface area contributed by atoms with Gasteiger partial charge in [-0.3, -0.25) is 0 Å². The van der Waals surface area contributed by atoms with Gasteiger partial charge in [0.05, 0.1) is 30.3 Å². The van der Waals surface area contributed by atoms with Crippen LogP contribution in [0.2, 0.25) is 0 Å². The molecule has 25 heavy (non-hydrogen) atoms. The molecule has 0 unspecified atom stereocenters. The Morgan fingerprint density at radius 1 is 0.800 bits per heavy atom. The molecule has 0 bridgehead atoms. The van der Waals surface area contributed by atoms with Crippen LogP contribution in [0, 0.1) is 6.92 Å². The molecule has 3 aromatic rings. The van der Waals surface area contributed by atoms with Gasteiger partial charge >= 0.3 is 7.12 Å². The molecular formula is C20H20BN4+. The fraction of sp³-hybridized carbons (Fsp3) is 0.150. The second-order valence-electron chi connectivity index (χ2n) is 6.80. The van der Waals surface area contributed by atoms with E-state index in [0.717, 1.165) is 0 Å². The summed E-state index contributed by atoms with van der Waals surface area (Å²) >= 11 is 0. The second-order valence-corrected chi connectivity index (χ2v) is 6.80. The van der Waals surface area contributed by atoms with E-state index in [1.54, 1.807) is 0 Å². The number of benzene rings is 2. The summed E-state index contributed by atoms with van der Waals surface area (Å²) in [5.41, 5.74) is 6.38. The number of rotatable bonds is 1. The molecule has 3 heterocycles. The number of pyridine rings is 1. The topological polar surface area (TPSA) is 13.6 Å². The Labute approximate surface area is 148 Å². The van der Waals surface area contributed by atoms with E-state index in [2.05, 4.69) is 107 Å². The highest BCUT2D eigenvalue weighted by atomic mass is 15.5. The molecule has 0 fully saturated rings. The van der Waals surface area contributed by atoms with E-state index in [4.69, 9.17) is 0 Å². The van der Waals surface area contributed by atoms with Crippen LogP contribution >= 0.6 is 0 Å². The van der Waals surface area contributed by atoms with E-state index < -0.39 is 0 Å². The van der Waals surface area contributed by atoms with Gasteiger partial charge in [-0.1, -0.05) is 30.3 Å². The van der Waals surface area contributed by atoms with E-state index in [0.29, 0.717) is 0 Å². The van der Waals surface area contributed by atoms with Gasteiger partial charge in [0, 0.05) is 6.07 Å². The van der Waals surface area contributed by atoms with Crippen molar-refractivity contribution in [2.24, 2.45) is 7.05 Å². The van der Waals surface area contributed by atoms with Crippen LogP contribution in [0.3, 0.4) is 0 Å². The number of hydrogen-bond donors (Lipinski definition) is 0. The third-order valence-electron chi connectivity index (χ3n) is 5.32. The van der Waals surface area contributed by atoms with Crippen molar-refractivity contribution in [3.05, 3.63) is 72.4 Å². The maximum absolute atomic E-state index is 2.45. The highest BCUT2D eigenvalue weighted by molar-refractivity contribution is 6.78. The Kier molecular flexibility index (Phi) is 2.89. The van der Waals surface area contributed by atoms with Gasteiger partial charge in [-0.25, -0.2) is 9.38 Å². The van der Waals surface area contributed by atoms with Crippen LogP contribution in [-0.4, -0.2) is 14.2 Å². The van der Waals surface area contributed by atoms with E-state index in [-0.39, 0.29) is 7.12 Å². The largest absolute Gasteiger partial charge is 0.638 e. The number of aryl methyl sites for hydroxylation is 2. The monoisotopic (exact) mass is 327 g/mol. The Morgan fingerprint density at radius 2 is 1.52 bits per heavy atom. The summed E-state index contributed by atoms with van der Waals surface area (Å²) in [5, 5.41) is 0. The first-order valence-corrected chi connectivity index (χ1v) is 8.63. The average molecular weight is 327 g/mol. The quantitative estimate of drug-likeness (QED) is 0.501. The lowest BCUT2D eigenvalue weighted by molar-refractivity contribution is -0.658. The first-order valence-electron chi connectivity index (χ1n) is 8.63. The molecule has 1 aromatic heterocycles. The van der Waals surface area contributed by atoms with Crippen LogP contribution in [-0.2, 0) is 7.05 Å². The smallest absolute Gasteiger partial charge is 0.354 e. The molecule has 0 saturated carbocycles. The van der Waals surface area contributed by atoms with Gasteiger partial charge in [0.15, 0.2) is 0 Å². The fourth-order valence-electron chi connectivity index (χ4n) is 4.20.